The van der Waals surface area contributed by atoms with E-state index in [0.29, 0.717) is 5.92 Å². The van der Waals surface area contributed by atoms with Crippen molar-refractivity contribution in [2.45, 2.75) is 19.4 Å². The van der Waals surface area contributed by atoms with Crippen molar-refractivity contribution in [2.75, 3.05) is 19.6 Å². The highest BCUT2D eigenvalue weighted by atomic mass is 127. The third-order valence-corrected chi connectivity index (χ3v) is 5.57. The standard InChI is InChI=1S/C20H23IN2O/c21-19-9-5-4-8-18(19)20(24)22-14-16-10-12-23(13-11-16)15-17-6-2-1-3-7-17/h1-9,16H,10-15H2,(H,22,24). The number of piperidine rings is 1. The second-order valence-electron chi connectivity index (χ2n) is 6.39. The van der Waals surface area contributed by atoms with Crippen LogP contribution in [-0.2, 0) is 6.54 Å². The molecule has 1 amide bonds. The SMILES string of the molecule is O=C(NCC1CCN(Cc2ccccc2)CC1)c1ccccc1I. The van der Waals surface area contributed by atoms with Gasteiger partial charge in [0, 0.05) is 16.7 Å². The van der Waals surface area contributed by atoms with Gasteiger partial charge < -0.3 is 5.32 Å². The summed E-state index contributed by atoms with van der Waals surface area (Å²) in [6.45, 7) is 4.03. The largest absolute Gasteiger partial charge is 0.352 e. The molecule has 126 valence electrons. The van der Waals surface area contributed by atoms with Crippen LogP contribution in [0.25, 0.3) is 0 Å². The van der Waals surface area contributed by atoms with Crippen LogP contribution in [0.2, 0.25) is 0 Å². The molecule has 3 nitrogen and oxygen atoms in total. The van der Waals surface area contributed by atoms with Crippen LogP contribution in [0.15, 0.2) is 54.6 Å². The van der Waals surface area contributed by atoms with Crippen molar-refractivity contribution >= 4 is 28.5 Å². The van der Waals surface area contributed by atoms with Crippen LogP contribution in [-0.4, -0.2) is 30.4 Å². The fourth-order valence-corrected chi connectivity index (χ4v) is 3.80. The Morgan fingerprint density at radius 1 is 1.04 bits per heavy atom. The van der Waals surface area contributed by atoms with Crippen molar-refractivity contribution < 1.29 is 4.79 Å². The highest BCUT2D eigenvalue weighted by Gasteiger charge is 2.20. The molecule has 1 aliphatic rings. The van der Waals surface area contributed by atoms with Gasteiger partial charge in [0.2, 0.25) is 0 Å². The highest BCUT2D eigenvalue weighted by molar-refractivity contribution is 14.1. The molecule has 1 saturated heterocycles. The lowest BCUT2D eigenvalue weighted by molar-refractivity contribution is 0.0934. The smallest absolute Gasteiger partial charge is 0.252 e. The lowest BCUT2D eigenvalue weighted by Crippen LogP contribution is -2.38. The van der Waals surface area contributed by atoms with Crippen LogP contribution in [0.4, 0.5) is 0 Å². The number of carbonyl (C=O) groups excluding carboxylic acids is 1. The van der Waals surface area contributed by atoms with E-state index in [-0.39, 0.29) is 5.91 Å². The van der Waals surface area contributed by atoms with E-state index in [4.69, 9.17) is 0 Å². The van der Waals surface area contributed by atoms with Crippen LogP contribution < -0.4 is 5.32 Å². The molecular weight excluding hydrogens is 411 g/mol. The number of benzene rings is 2. The molecule has 0 atom stereocenters. The first-order valence-electron chi connectivity index (χ1n) is 8.51. The van der Waals surface area contributed by atoms with E-state index in [9.17, 15) is 4.79 Å². The lowest BCUT2D eigenvalue weighted by atomic mass is 9.96. The molecule has 0 radical (unpaired) electrons. The number of halogens is 1. The molecule has 2 aromatic carbocycles. The number of hydrogen-bond acceptors (Lipinski definition) is 2. The quantitative estimate of drug-likeness (QED) is 0.724. The van der Waals surface area contributed by atoms with Gasteiger partial charge in [0.25, 0.3) is 5.91 Å². The monoisotopic (exact) mass is 434 g/mol. The normalized spacial score (nSPS) is 16.0. The molecule has 0 aromatic heterocycles. The van der Waals surface area contributed by atoms with Crippen molar-refractivity contribution in [3.05, 3.63) is 69.3 Å². The van der Waals surface area contributed by atoms with E-state index >= 15 is 0 Å². The second-order valence-corrected chi connectivity index (χ2v) is 7.56. The molecule has 0 spiro atoms. The summed E-state index contributed by atoms with van der Waals surface area (Å²) in [6.07, 6.45) is 2.30. The summed E-state index contributed by atoms with van der Waals surface area (Å²) in [5.41, 5.74) is 2.16. The summed E-state index contributed by atoms with van der Waals surface area (Å²) in [5, 5.41) is 3.11. The third kappa shape index (κ3) is 4.80. The lowest BCUT2D eigenvalue weighted by Gasteiger charge is -2.32. The number of nitrogens with one attached hydrogen (secondary N) is 1. The average molecular weight is 434 g/mol. The Morgan fingerprint density at radius 2 is 1.71 bits per heavy atom. The molecule has 0 bridgehead atoms. The van der Waals surface area contributed by atoms with E-state index in [1.165, 1.54) is 5.56 Å². The van der Waals surface area contributed by atoms with E-state index in [1.807, 2.05) is 24.3 Å². The highest BCUT2D eigenvalue weighted by Crippen LogP contribution is 2.19. The van der Waals surface area contributed by atoms with Gasteiger partial charge in [-0.25, -0.2) is 0 Å². The van der Waals surface area contributed by atoms with Gasteiger partial charge in [0.1, 0.15) is 0 Å². The van der Waals surface area contributed by atoms with Crippen LogP contribution in [0.1, 0.15) is 28.8 Å². The van der Waals surface area contributed by atoms with Gasteiger partial charge in [-0.3, -0.25) is 9.69 Å². The first-order valence-corrected chi connectivity index (χ1v) is 9.59. The van der Waals surface area contributed by atoms with Crippen molar-refractivity contribution in [3.8, 4) is 0 Å². The van der Waals surface area contributed by atoms with Crippen molar-refractivity contribution in [1.82, 2.24) is 10.2 Å². The Kier molecular flexibility index (Phi) is 6.26. The number of likely N-dealkylation sites (tertiary alicyclic amines) is 1. The zero-order valence-electron chi connectivity index (χ0n) is 13.7. The summed E-state index contributed by atoms with van der Waals surface area (Å²) in [7, 11) is 0. The molecule has 2 aromatic rings. The van der Waals surface area contributed by atoms with Crippen molar-refractivity contribution in [2.24, 2.45) is 5.92 Å². The zero-order chi connectivity index (χ0) is 16.8. The summed E-state index contributed by atoms with van der Waals surface area (Å²) >= 11 is 2.22. The average Bonchev–Trinajstić information content (AvgIpc) is 2.62. The number of rotatable bonds is 5. The van der Waals surface area contributed by atoms with Gasteiger partial charge in [-0.2, -0.15) is 0 Å². The van der Waals surface area contributed by atoms with Gasteiger partial charge in [-0.15, -0.1) is 0 Å². The predicted octanol–water partition coefficient (Wildman–Crippen LogP) is 3.93. The molecule has 4 heteroatoms. The maximum absolute atomic E-state index is 12.3. The molecule has 1 N–H and O–H groups in total. The van der Waals surface area contributed by atoms with Gasteiger partial charge in [-0.05, 0) is 72.1 Å². The number of hydrogen-bond donors (Lipinski definition) is 1. The Balaban J connectivity index is 1.43. The zero-order valence-corrected chi connectivity index (χ0v) is 15.9. The molecule has 1 fully saturated rings. The fraction of sp³-hybridized carbons (Fsp3) is 0.350. The Hall–Kier alpha value is -1.40. The maximum atomic E-state index is 12.3. The van der Waals surface area contributed by atoms with Crippen LogP contribution in [0.3, 0.4) is 0 Å². The first-order chi connectivity index (χ1) is 11.7. The molecule has 0 saturated carbocycles. The van der Waals surface area contributed by atoms with Gasteiger partial charge >= 0.3 is 0 Å². The van der Waals surface area contributed by atoms with Gasteiger partial charge in [0.15, 0.2) is 0 Å². The molecule has 0 aliphatic carbocycles. The molecule has 3 rings (SSSR count). The van der Waals surface area contributed by atoms with E-state index < -0.39 is 0 Å². The predicted molar refractivity (Wildman–Crippen MR) is 106 cm³/mol. The minimum atomic E-state index is 0.0479. The summed E-state index contributed by atoms with van der Waals surface area (Å²) in [4.78, 5) is 14.8. The van der Waals surface area contributed by atoms with Crippen LogP contribution in [0.5, 0.6) is 0 Å². The minimum absolute atomic E-state index is 0.0479. The third-order valence-electron chi connectivity index (χ3n) is 4.63. The molecule has 24 heavy (non-hydrogen) atoms. The van der Waals surface area contributed by atoms with Crippen LogP contribution >= 0.6 is 22.6 Å². The number of carbonyl (C=O) groups is 1. The first kappa shape index (κ1) is 17.4. The van der Waals surface area contributed by atoms with Crippen LogP contribution in [0, 0.1) is 9.49 Å². The Morgan fingerprint density at radius 3 is 2.42 bits per heavy atom. The molecule has 1 aliphatic heterocycles. The summed E-state index contributed by atoms with van der Waals surface area (Å²) in [5.74, 6) is 0.633. The minimum Gasteiger partial charge on any atom is -0.352 e. The second kappa shape index (κ2) is 8.62. The number of amides is 1. The summed E-state index contributed by atoms with van der Waals surface area (Å²) in [6, 6.07) is 18.4. The maximum Gasteiger partial charge on any atom is 0.252 e. The Labute approximate surface area is 157 Å². The Bertz CT molecular complexity index is 666. The summed E-state index contributed by atoms with van der Waals surface area (Å²) < 4.78 is 1.00. The van der Waals surface area contributed by atoms with E-state index in [2.05, 4.69) is 63.1 Å². The molecule has 1 heterocycles. The fourth-order valence-electron chi connectivity index (χ4n) is 3.17. The topological polar surface area (TPSA) is 32.3 Å². The van der Waals surface area contributed by atoms with Crippen molar-refractivity contribution in [1.29, 1.82) is 0 Å². The van der Waals surface area contributed by atoms with E-state index in [0.717, 1.165) is 48.2 Å². The van der Waals surface area contributed by atoms with E-state index in [1.54, 1.807) is 0 Å². The molecule has 0 unspecified atom stereocenters. The number of nitrogens with zero attached hydrogens (tertiary/aromatic N) is 1. The van der Waals surface area contributed by atoms with Gasteiger partial charge in [0.05, 0.1) is 5.56 Å². The van der Waals surface area contributed by atoms with Crippen molar-refractivity contribution in [3.63, 3.8) is 0 Å². The molecular formula is C20H23IN2O. The van der Waals surface area contributed by atoms with Gasteiger partial charge in [-0.1, -0.05) is 42.5 Å².